The fourth-order valence-electron chi connectivity index (χ4n) is 2.86. The zero-order valence-electron chi connectivity index (χ0n) is 13.8. The van der Waals surface area contributed by atoms with Crippen molar-refractivity contribution in [2.24, 2.45) is 0 Å². The summed E-state index contributed by atoms with van der Waals surface area (Å²) in [5.74, 6) is 0. The van der Waals surface area contributed by atoms with Crippen LogP contribution in [0.5, 0.6) is 0 Å². The molecule has 0 spiro atoms. The largest absolute Gasteiger partial charge is 0.337 e. The molecular weight excluding hydrogens is 322 g/mol. The molecule has 0 saturated carbocycles. The summed E-state index contributed by atoms with van der Waals surface area (Å²) in [4.78, 5) is 19.4. The third-order valence-electron chi connectivity index (χ3n) is 4.18. The topological polar surface area (TPSA) is 63.1 Å². The van der Waals surface area contributed by atoms with Gasteiger partial charge in [0.2, 0.25) is 0 Å². The molecule has 1 aromatic carbocycles. The van der Waals surface area contributed by atoms with Crippen molar-refractivity contribution in [1.82, 2.24) is 25.0 Å². The first-order valence-electron chi connectivity index (χ1n) is 8.31. The van der Waals surface area contributed by atoms with Crippen LogP contribution in [0.4, 0.5) is 4.79 Å². The number of benzene rings is 1. The number of aromatic nitrogens is 3. The summed E-state index contributed by atoms with van der Waals surface area (Å²) in [5, 5.41) is 7.58. The molecule has 0 bridgehead atoms. The van der Waals surface area contributed by atoms with E-state index in [2.05, 4.69) is 34.5 Å². The molecule has 0 aliphatic carbocycles. The Morgan fingerprint density at radius 2 is 2.08 bits per heavy atom. The number of carbonyl (C=O) groups is 1. The molecule has 2 aromatic rings. The highest BCUT2D eigenvalue weighted by Crippen LogP contribution is 2.23. The summed E-state index contributed by atoms with van der Waals surface area (Å²) >= 11 is 1.78. The molecule has 7 heteroatoms. The molecule has 1 fully saturated rings. The first-order chi connectivity index (χ1) is 11.7. The fourth-order valence-corrected chi connectivity index (χ4v) is 3.80. The number of thioether (sulfide) groups is 1. The summed E-state index contributed by atoms with van der Waals surface area (Å²) < 4.78 is 1.90. The smallest absolute Gasteiger partial charge is 0.317 e. The normalized spacial score (nSPS) is 16.8. The van der Waals surface area contributed by atoms with Gasteiger partial charge in [0.1, 0.15) is 12.7 Å². The van der Waals surface area contributed by atoms with Crippen molar-refractivity contribution >= 4 is 17.8 Å². The monoisotopic (exact) mass is 345 g/mol. The molecule has 2 heterocycles. The first kappa shape index (κ1) is 16.8. The van der Waals surface area contributed by atoms with Gasteiger partial charge >= 0.3 is 6.03 Å². The van der Waals surface area contributed by atoms with Crippen LogP contribution in [0, 0.1) is 0 Å². The molecule has 3 rings (SSSR count). The van der Waals surface area contributed by atoms with Crippen LogP contribution in [0.2, 0.25) is 0 Å². The van der Waals surface area contributed by atoms with Crippen molar-refractivity contribution < 1.29 is 4.79 Å². The van der Waals surface area contributed by atoms with Crippen LogP contribution < -0.4 is 5.32 Å². The van der Waals surface area contributed by atoms with E-state index in [1.807, 2.05) is 27.8 Å². The maximum Gasteiger partial charge on any atom is 0.317 e. The van der Waals surface area contributed by atoms with E-state index in [9.17, 15) is 4.79 Å². The summed E-state index contributed by atoms with van der Waals surface area (Å²) in [6.45, 7) is 4.32. The number of hydrogen-bond acceptors (Lipinski definition) is 4. The molecule has 128 valence electrons. The first-order valence-corrected chi connectivity index (χ1v) is 9.19. The lowest BCUT2D eigenvalue weighted by Crippen LogP contribution is -2.46. The molecule has 1 saturated heterocycles. The highest BCUT2D eigenvalue weighted by molar-refractivity contribution is 8.00. The quantitative estimate of drug-likeness (QED) is 0.847. The van der Waals surface area contributed by atoms with Crippen molar-refractivity contribution in [3.63, 3.8) is 0 Å². The Kier molecular flexibility index (Phi) is 5.74. The SMILES string of the molecule is C[C@H](CNC(=O)N1CCC(n2cncn2)CC1)Sc1ccccc1. The van der Waals surface area contributed by atoms with Gasteiger partial charge in [0, 0.05) is 29.8 Å². The minimum absolute atomic E-state index is 0.0348. The number of carbonyl (C=O) groups excluding carboxylic acids is 1. The average molecular weight is 345 g/mol. The van der Waals surface area contributed by atoms with Crippen LogP contribution in [0.25, 0.3) is 0 Å². The standard InChI is InChI=1S/C17H23N5OS/c1-14(24-16-5-3-2-4-6-16)11-19-17(23)21-9-7-15(8-10-21)22-13-18-12-20-22/h2-6,12-15H,7-11H2,1H3,(H,19,23)/t14-/m1/s1. The van der Waals surface area contributed by atoms with Crippen molar-refractivity contribution in [2.45, 2.75) is 36.0 Å². The lowest BCUT2D eigenvalue weighted by Gasteiger charge is -2.32. The van der Waals surface area contributed by atoms with Gasteiger partial charge in [-0.15, -0.1) is 11.8 Å². The number of nitrogens with one attached hydrogen (secondary N) is 1. The second-order valence-corrected chi connectivity index (χ2v) is 7.53. The van der Waals surface area contributed by atoms with Gasteiger partial charge in [-0.2, -0.15) is 5.10 Å². The number of urea groups is 1. The minimum Gasteiger partial charge on any atom is -0.337 e. The summed E-state index contributed by atoms with van der Waals surface area (Å²) in [5.41, 5.74) is 0. The van der Waals surface area contributed by atoms with Gasteiger partial charge in [-0.1, -0.05) is 25.1 Å². The number of hydrogen-bond donors (Lipinski definition) is 1. The maximum absolute atomic E-state index is 12.3. The highest BCUT2D eigenvalue weighted by atomic mass is 32.2. The van der Waals surface area contributed by atoms with Crippen LogP contribution >= 0.6 is 11.8 Å². The van der Waals surface area contributed by atoms with Crippen LogP contribution in [0.1, 0.15) is 25.8 Å². The molecule has 1 aromatic heterocycles. The Balaban J connectivity index is 1.39. The second-order valence-electron chi connectivity index (χ2n) is 6.02. The van der Waals surface area contributed by atoms with E-state index in [-0.39, 0.29) is 6.03 Å². The maximum atomic E-state index is 12.3. The van der Waals surface area contributed by atoms with Gasteiger partial charge in [-0.25, -0.2) is 14.5 Å². The van der Waals surface area contributed by atoms with E-state index in [4.69, 9.17) is 0 Å². The Labute approximate surface area is 146 Å². The molecule has 1 atom stereocenters. The summed E-state index contributed by atoms with van der Waals surface area (Å²) in [6.07, 6.45) is 5.16. The number of piperidine rings is 1. The third-order valence-corrected chi connectivity index (χ3v) is 5.30. The van der Waals surface area contributed by atoms with E-state index in [1.165, 1.54) is 4.90 Å². The molecule has 6 nitrogen and oxygen atoms in total. The van der Waals surface area contributed by atoms with Gasteiger partial charge < -0.3 is 10.2 Å². The lowest BCUT2D eigenvalue weighted by atomic mass is 10.1. The molecule has 1 aliphatic heterocycles. The van der Waals surface area contributed by atoms with Gasteiger partial charge in [-0.05, 0) is 25.0 Å². The van der Waals surface area contributed by atoms with E-state index in [1.54, 1.807) is 24.4 Å². The molecule has 24 heavy (non-hydrogen) atoms. The Bertz CT molecular complexity index is 626. The summed E-state index contributed by atoms with van der Waals surface area (Å²) in [7, 11) is 0. The van der Waals surface area contributed by atoms with Crippen LogP contribution in [-0.4, -0.2) is 50.6 Å². The Hall–Kier alpha value is -2.02. The van der Waals surface area contributed by atoms with Gasteiger partial charge in [0.25, 0.3) is 0 Å². The molecule has 1 N–H and O–H groups in total. The number of rotatable bonds is 5. The summed E-state index contributed by atoms with van der Waals surface area (Å²) in [6, 6.07) is 10.7. The number of amides is 2. The van der Waals surface area contributed by atoms with E-state index in [0.717, 1.165) is 25.9 Å². The van der Waals surface area contributed by atoms with Gasteiger partial charge in [-0.3, -0.25) is 0 Å². The van der Waals surface area contributed by atoms with Gasteiger partial charge in [0.15, 0.2) is 0 Å². The van der Waals surface area contributed by atoms with Crippen LogP contribution in [0.3, 0.4) is 0 Å². The Morgan fingerprint density at radius 3 is 2.75 bits per heavy atom. The zero-order chi connectivity index (χ0) is 16.8. The van der Waals surface area contributed by atoms with Crippen molar-refractivity contribution in [1.29, 1.82) is 0 Å². The van der Waals surface area contributed by atoms with Gasteiger partial charge in [0.05, 0.1) is 6.04 Å². The third kappa shape index (κ3) is 4.50. The van der Waals surface area contributed by atoms with Crippen molar-refractivity contribution in [2.75, 3.05) is 19.6 Å². The Morgan fingerprint density at radius 1 is 1.33 bits per heavy atom. The average Bonchev–Trinajstić information content (AvgIpc) is 3.15. The van der Waals surface area contributed by atoms with E-state index < -0.39 is 0 Å². The number of likely N-dealkylation sites (tertiary alicyclic amines) is 1. The molecule has 1 aliphatic rings. The predicted molar refractivity (Wildman–Crippen MR) is 95.0 cm³/mol. The predicted octanol–water partition coefficient (Wildman–Crippen LogP) is 2.81. The van der Waals surface area contributed by atoms with E-state index >= 15 is 0 Å². The van der Waals surface area contributed by atoms with Crippen molar-refractivity contribution in [3.8, 4) is 0 Å². The van der Waals surface area contributed by atoms with E-state index in [0.29, 0.717) is 17.8 Å². The molecule has 0 unspecified atom stereocenters. The lowest BCUT2D eigenvalue weighted by molar-refractivity contribution is 0.169. The zero-order valence-corrected chi connectivity index (χ0v) is 14.7. The second kappa shape index (κ2) is 8.19. The highest BCUT2D eigenvalue weighted by Gasteiger charge is 2.24. The molecular formula is C17H23N5OS. The van der Waals surface area contributed by atoms with Crippen molar-refractivity contribution in [3.05, 3.63) is 43.0 Å². The number of nitrogens with zero attached hydrogens (tertiary/aromatic N) is 4. The molecule has 2 amide bonds. The van der Waals surface area contributed by atoms with Crippen LogP contribution in [0.15, 0.2) is 47.9 Å². The van der Waals surface area contributed by atoms with Crippen LogP contribution in [-0.2, 0) is 0 Å². The fraction of sp³-hybridized carbons (Fsp3) is 0.471. The molecule has 0 radical (unpaired) electrons. The minimum atomic E-state index is 0.0348.